The molecule has 4 aliphatic rings. The molecule has 288 valence electrons. The maximum absolute atomic E-state index is 10.4. The van der Waals surface area contributed by atoms with Gasteiger partial charge in [-0.2, -0.15) is 0 Å². The molecular weight excluding hydrogens is 650 g/mol. The van der Waals surface area contributed by atoms with Gasteiger partial charge in [0.1, 0.15) is 24.2 Å². The average Bonchev–Trinajstić information content (AvgIpc) is 3.89. The van der Waals surface area contributed by atoms with Crippen LogP contribution in [0.1, 0.15) is 75.9 Å². The zero-order valence-electron chi connectivity index (χ0n) is 30.8. The second-order valence-corrected chi connectivity index (χ2v) is 12.1. The summed E-state index contributed by atoms with van der Waals surface area (Å²) in [5.74, 6) is 0.532. The van der Waals surface area contributed by atoms with Crippen molar-refractivity contribution in [3.8, 4) is 0 Å². The monoisotopic (exact) mass is 713 g/mol. The van der Waals surface area contributed by atoms with Crippen molar-refractivity contribution in [3.05, 3.63) is 64.1 Å². The van der Waals surface area contributed by atoms with E-state index in [-0.39, 0.29) is 26.4 Å². The molecule has 2 unspecified atom stereocenters. The molecule has 2 atom stereocenters. The van der Waals surface area contributed by atoms with Crippen LogP contribution >= 0.6 is 0 Å². The molecule has 2 saturated heterocycles. The number of ether oxygens (including phenoxy) is 9. The highest BCUT2D eigenvalue weighted by Crippen LogP contribution is 2.37. The van der Waals surface area contributed by atoms with Crippen LogP contribution in [0.3, 0.4) is 0 Å². The van der Waals surface area contributed by atoms with Gasteiger partial charge in [-0.05, 0) is 33.6 Å². The molecule has 1 aromatic heterocycles. The summed E-state index contributed by atoms with van der Waals surface area (Å²) in [5, 5.41) is 0. The normalized spacial score (nSPS) is 20.7. The number of hydrogen-bond donors (Lipinski definition) is 0. The van der Waals surface area contributed by atoms with E-state index in [1.165, 1.54) is 32.8 Å². The molecule has 0 N–H and O–H groups in total. The first-order chi connectivity index (χ1) is 23.6. The molecule has 1 aromatic carbocycles. The highest BCUT2D eigenvalue weighted by molar-refractivity contribution is 5.64. The third-order valence-electron chi connectivity index (χ3n) is 7.86. The molecule has 13 nitrogen and oxygen atoms in total. The lowest BCUT2D eigenvalue weighted by molar-refractivity contribution is -0.143. The lowest BCUT2D eigenvalue weighted by Crippen LogP contribution is -2.38. The molecule has 3 fully saturated rings. The summed E-state index contributed by atoms with van der Waals surface area (Å²) in [4.78, 5) is 12.8. The zero-order valence-corrected chi connectivity index (χ0v) is 30.8. The van der Waals surface area contributed by atoms with Crippen LogP contribution in [0, 0.1) is 6.92 Å². The second-order valence-electron chi connectivity index (χ2n) is 12.1. The van der Waals surface area contributed by atoms with Gasteiger partial charge in [0.2, 0.25) is 6.29 Å². The van der Waals surface area contributed by atoms with Crippen LogP contribution < -0.4 is 5.82 Å². The van der Waals surface area contributed by atoms with Crippen LogP contribution in [0.2, 0.25) is 0 Å². The van der Waals surface area contributed by atoms with Gasteiger partial charge in [0.15, 0.2) is 11.5 Å². The van der Waals surface area contributed by atoms with Gasteiger partial charge in [-0.1, -0.05) is 51.1 Å². The second kappa shape index (κ2) is 25.4. The molecule has 4 heterocycles. The van der Waals surface area contributed by atoms with E-state index in [1.807, 2.05) is 38.1 Å². The predicted molar refractivity (Wildman–Crippen MR) is 191 cm³/mol. The van der Waals surface area contributed by atoms with Gasteiger partial charge in [-0.25, -0.2) is 4.79 Å². The van der Waals surface area contributed by atoms with Gasteiger partial charge in [0.25, 0.3) is 0 Å². The third kappa shape index (κ3) is 17.1. The Labute approximate surface area is 299 Å². The molecule has 0 bridgehead atoms. The summed E-state index contributed by atoms with van der Waals surface area (Å²) in [6, 6.07) is 7.90. The smallest absolute Gasteiger partial charge is 0.461 e. The minimum Gasteiger partial charge on any atom is -0.461 e. The molecule has 3 aliphatic heterocycles. The maximum Gasteiger partial charge on any atom is 0.519 e. The van der Waals surface area contributed by atoms with Crippen LogP contribution in [0.25, 0.3) is 5.76 Å². The van der Waals surface area contributed by atoms with Crippen LogP contribution in [0.4, 0.5) is 0 Å². The number of hydrogen-bond acceptors (Lipinski definition) is 13. The first-order valence-corrected chi connectivity index (χ1v) is 16.8. The Morgan fingerprint density at radius 3 is 2.12 bits per heavy atom. The molecule has 0 spiro atoms. The van der Waals surface area contributed by atoms with Crippen LogP contribution in [0.15, 0.2) is 44.5 Å². The Kier molecular flexibility index (Phi) is 23.1. The van der Waals surface area contributed by atoms with Crippen molar-refractivity contribution in [1.82, 2.24) is 4.90 Å². The van der Waals surface area contributed by atoms with Crippen molar-refractivity contribution in [2.75, 3.05) is 88.2 Å². The van der Waals surface area contributed by atoms with Crippen LogP contribution in [0.5, 0.6) is 0 Å². The summed E-state index contributed by atoms with van der Waals surface area (Å²) in [6.45, 7) is 16.5. The predicted octanol–water partition coefficient (Wildman–Crippen LogP) is 5.98. The quantitative estimate of drug-likeness (QED) is 0.302. The number of fused-ring (bicyclic) bond motifs is 1. The number of aryl methyl sites for hydroxylation is 1. The standard InChI is InChI=1S/C10H10O2.C7H15NO2.C7H14O3.C6H8O4.C6H12O.CH4/c1-7-8-5-3-4-6-9(8)10(11-2)12-7;1-9-5-2-8-3-6-10-7-4-8;1-7(2)9-5-6(10-7)4-8-3;1-4-5(3-8-2)10-6(7)9-4;1-7-6-4-2-3-5-6;/h3-6,10H,1H2,2H3;2-7H2,1H3;6H,4-5H2,1-3H3;3H2,1-2H3;6H,2-5H2,1H3;1H4. The van der Waals surface area contributed by atoms with E-state index in [0.29, 0.717) is 36.6 Å². The van der Waals surface area contributed by atoms with E-state index in [1.54, 1.807) is 35.4 Å². The number of benzene rings is 1. The van der Waals surface area contributed by atoms with Crippen molar-refractivity contribution in [1.29, 1.82) is 0 Å². The van der Waals surface area contributed by atoms with Crippen LogP contribution in [-0.2, 0) is 49.2 Å². The fraction of sp³-hybridized carbons (Fsp3) is 0.703. The lowest BCUT2D eigenvalue weighted by atomic mass is 10.1. The van der Waals surface area contributed by atoms with E-state index < -0.39 is 11.6 Å². The molecule has 6 rings (SSSR count). The summed E-state index contributed by atoms with van der Waals surface area (Å²) >= 11 is 0. The Bertz CT molecular complexity index is 1220. The zero-order chi connectivity index (χ0) is 36.1. The van der Waals surface area contributed by atoms with Gasteiger partial charge < -0.3 is 51.5 Å². The summed E-state index contributed by atoms with van der Waals surface area (Å²) in [6.07, 6.45) is 5.76. The summed E-state index contributed by atoms with van der Waals surface area (Å²) in [7, 11) is 8.34. The summed E-state index contributed by atoms with van der Waals surface area (Å²) in [5.41, 5.74) is 2.11. The van der Waals surface area contributed by atoms with Crippen LogP contribution in [-0.4, -0.2) is 111 Å². The molecule has 1 aliphatic carbocycles. The minimum atomic E-state index is -0.676. The molecule has 2 aromatic rings. The van der Waals surface area contributed by atoms with Gasteiger partial charge >= 0.3 is 5.82 Å². The Morgan fingerprint density at radius 2 is 1.62 bits per heavy atom. The van der Waals surface area contributed by atoms with E-state index in [4.69, 9.17) is 42.6 Å². The van der Waals surface area contributed by atoms with Crippen molar-refractivity contribution in [2.24, 2.45) is 0 Å². The van der Waals surface area contributed by atoms with E-state index in [0.717, 1.165) is 50.6 Å². The molecule has 0 radical (unpaired) electrons. The van der Waals surface area contributed by atoms with Gasteiger partial charge in [-0.15, -0.1) is 0 Å². The molecule has 13 heteroatoms. The number of methoxy groups -OCH3 is 5. The highest BCUT2D eigenvalue weighted by Gasteiger charge is 2.32. The Balaban J connectivity index is 0.000000314. The van der Waals surface area contributed by atoms with Gasteiger partial charge in [0.05, 0.1) is 39.1 Å². The topological polar surface area (TPSA) is 130 Å². The number of nitrogens with zero attached hydrogens (tertiary/aromatic N) is 1. The molecule has 0 amide bonds. The van der Waals surface area contributed by atoms with Crippen molar-refractivity contribution in [3.63, 3.8) is 0 Å². The van der Waals surface area contributed by atoms with Crippen molar-refractivity contribution < 1.29 is 51.5 Å². The number of morpholine rings is 1. The molecule has 50 heavy (non-hydrogen) atoms. The van der Waals surface area contributed by atoms with E-state index in [9.17, 15) is 4.79 Å². The minimum absolute atomic E-state index is 0. The SMILES string of the molecule is C.C=C1OC(OC)c2ccccc21.COC1CCCC1.COCC1COC(C)(C)O1.COCCN1CCOCC1.COCc1oc(=O)oc1C. The third-order valence-corrected chi connectivity index (χ3v) is 7.86. The average molecular weight is 714 g/mol. The van der Waals surface area contributed by atoms with Crippen molar-refractivity contribution in [2.45, 2.75) is 84.8 Å². The molecule has 1 saturated carbocycles. The van der Waals surface area contributed by atoms with Crippen molar-refractivity contribution >= 4 is 5.76 Å². The molecular formula is C37H63NO12. The first kappa shape index (κ1) is 45.4. The Hall–Kier alpha value is -2.59. The van der Waals surface area contributed by atoms with Gasteiger partial charge in [0, 0.05) is 66.3 Å². The fourth-order valence-corrected chi connectivity index (χ4v) is 5.23. The Morgan fingerprint density at radius 1 is 0.940 bits per heavy atom. The number of rotatable bonds is 9. The lowest BCUT2D eigenvalue weighted by Gasteiger charge is -2.25. The maximum atomic E-state index is 10.4. The largest absolute Gasteiger partial charge is 0.519 e. The fourth-order valence-electron chi connectivity index (χ4n) is 5.23. The highest BCUT2D eigenvalue weighted by atomic mass is 16.7. The first-order valence-electron chi connectivity index (χ1n) is 16.8. The van der Waals surface area contributed by atoms with E-state index >= 15 is 0 Å². The van der Waals surface area contributed by atoms with Gasteiger partial charge in [-0.3, -0.25) is 4.90 Å². The summed E-state index contributed by atoms with van der Waals surface area (Å²) < 4.78 is 55.3. The van der Waals surface area contributed by atoms with E-state index in [2.05, 4.69) is 20.3 Å².